The van der Waals surface area contributed by atoms with E-state index in [1.807, 2.05) is 0 Å². The van der Waals surface area contributed by atoms with Crippen LogP contribution in [-0.2, 0) is 18.9 Å². The van der Waals surface area contributed by atoms with Gasteiger partial charge in [-0.1, -0.05) is 156 Å². The predicted molar refractivity (Wildman–Crippen MR) is 169 cm³/mol. The Kier molecular flexibility index (Phi) is 27.3. The molecule has 0 aromatic heterocycles. The van der Waals surface area contributed by atoms with Crippen LogP contribution in [0.1, 0.15) is 175 Å². The molecule has 0 aliphatic carbocycles. The Balaban J connectivity index is 2.41. The van der Waals surface area contributed by atoms with Crippen molar-refractivity contribution in [3.05, 3.63) is 0 Å². The zero-order chi connectivity index (χ0) is 28.9. The van der Waals surface area contributed by atoms with Gasteiger partial charge in [-0.3, -0.25) is 0 Å². The molecule has 0 saturated carbocycles. The van der Waals surface area contributed by atoms with Crippen LogP contribution in [0.2, 0.25) is 0 Å². The standard InChI is InChI=1S/C35H70O5/c1-4-7-10-13-16-19-22-25-28-37-33-32(31-36)40-35(39-30-27-24-21-18-15-12-9-6-3)34(33)38-29-26-23-20-17-14-11-8-5-2/h32-36H,4-31H2,1-3H3. The monoisotopic (exact) mass is 571 g/mol. The second-order valence-electron chi connectivity index (χ2n) is 12.2. The van der Waals surface area contributed by atoms with Crippen molar-refractivity contribution >= 4 is 0 Å². The smallest absolute Gasteiger partial charge is 0.186 e. The Bertz CT molecular complexity index is 502. The lowest BCUT2D eigenvalue weighted by molar-refractivity contribution is -0.181. The van der Waals surface area contributed by atoms with Crippen LogP contribution >= 0.6 is 0 Å². The molecule has 0 bridgehead atoms. The second-order valence-corrected chi connectivity index (χ2v) is 12.2. The number of hydrogen-bond donors (Lipinski definition) is 1. The highest BCUT2D eigenvalue weighted by atomic mass is 16.7. The van der Waals surface area contributed by atoms with Crippen molar-refractivity contribution in [1.82, 2.24) is 0 Å². The third kappa shape index (κ3) is 19.8. The maximum absolute atomic E-state index is 10.1. The highest BCUT2D eigenvalue weighted by Crippen LogP contribution is 2.28. The van der Waals surface area contributed by atoms with E-state index in [1.54, 1.807) is 0 Å². The normalized spacial score (nSPS) is 21.0. The largest absolute Gasteiger partial charge is 0.394 e. The third-order valence-corrected chi connectivity index (χ3v) is 8.34. The van der Waals surface area contributed by atoms with Gasteiger partial charge in [0.1, 0.15) is 18.3 Å². The van der Waals surface area contributed by atoms with Crippen molar-refractivity contribution in [2.45, 2.75) is 199 Å². The summed E-state index contributed by atoms with van der Waals surface area (Å²) in [5, 5.41) is 10.1. The first-order valence-electron chi connectivity index (χ1n) is 17.9. The molecule has 0 radical (unpaired) electrons. The lowest BCUT2D eigenvalue weighted by atomic mass is 10.1. The molecule has 1 aliphatic heterocycles. The molecule has 0 amide bonds. The third-order valence-electron chi connectivity index (χ3n) is 8.34. The second kappa shape index (κ2) is 28.9. The number of aliphatic hydroxyl groups is 1. The Morgan fingerprint density at radius 1 is 0.425 bits per heavy atom. The maximum Gasteiger partial charge on any atom is 0.186 e. The van der Waals surface area contributed by atoms with Gasteiger partial charge in [-0.2, -0.15) is 0 Å². The van der Waals surface area contributed by atoms with Crippen molar-refractivity contribution in [3.63, 3.8) is 0 Å². The van der Waals surface area contributed by atoms with Crippen molar-refractivity contribution in [3.8, 4) is 0 Å². The average molecular weight is 571 g/mol. The molecule has 240 valence electrons. The van der Waals surface area contributed by atoms with Gasteiger partial charge in [-0.25, -0.2) is 0 Å². The van der Waals surface area contributed by atoms with Gasteiger partial charge >= 0.3 is 0 Å². The highest BCUT2D eigenvalue weighted by Gasteiger charge is 2.46. The van der Waals surface area contributed by atoms with E-state index < -0.39 is 6.29 Å². The van der Waals surface area contributed by atoms with Crippen molar-refractivity contribution in [2.24, 2.45) is 0 Å². The molecule has 4 atom stereocenters. The summed E-state index contributed by atoms with van der Waals surface area (Å²) in [6.45, 7) is 8.82. The predicted octanol–water partition coefficient (Wildman–Crippen LogP) is 9.91. The van der Waals surface area contributed by atoms with Crippen molar-refractivity contribution in [1.29, 1.82) is 0 Å². The van der Waals surface area contributed by atoms with E-state index in [2.05, 4.69) is 20.8 Å². The Labute approximate surface area is 249 Å². The van der Waals surface area contributed by atoms with E-state index >= 15 is 0 Å². The molecule has 0 aromatic carbocycles. The molecule has 0 spiro atoms. The summed E-state index contributed by atoms with van der Waals surface area (Å²) in [5.41, 5.74) is 0. The van der Waals surface area contributed by atoms with Gasteiger partial charge in [0, 0.05) is 19.8 Å². The average Bonchev–Trinajstić information content (AvgIpc) is 3.30. The molecule has 4 unspecified atom stereocenters. The molecule has 5 heteroatoms. The summed E-state index contributed by atoms with van der Waals surface area (Å²) in [6, 6.07) is 0. The molecule has 1 saturated heterocycles. The number of hydrogen-bond acceptors (Lipinski definition) is 5. The van der Waals surface area contributed by atoms with Gasteiger partial charge < -0.3 is 24.1 Å². The van der Waals surface area contributed by atoms with E-state index in [-0.39, 0.29) is 24.9 Å². The molecule has 40 heavy (non-hydrogen) atoms. The van der Waals surface area contributed by atoms with Gasteiger partial charge in [-0.15, -0.1) is 0 Å². The summed E-state index contributed by atoms with van der Waals surface area (Å²) < 4.78 is 25.1. The minimum absolute atomic E-state index is 0.0582. The maximum atomic E-state index is 10.1. The SMILES string of the molecule is CCCCCCCCCCOC1OC(CO)C(OCCCCCCCCCC)C1OCCCCCCCCCC. The summed E-state index contributed by atoms with van der Waals surface area (Å²) in [4.78, 5) is 0. The quantitative estimate of drug-likeness (QED) is 0.0841. The van der Waals surface area contributed by atoms with Crippen LogP contribution in [0.3, 0.4) is 0 Å². The van der Waals surface area contributed by atoms with E-state index in [0.717, 1.165) is 19.3 Å². The van der Waals surface area contributed by atoms with Gasteiger partial charge in [-0.05, 0) is 19.3 Å². The van der Waals surface area contributed by atoms with E-state index in [1.165, 1.54) is 135 Å². The first-order valence-corrected chi connectivity index (χ1v) is 17.9. The van der Waals surface area contributed by atoms with Crippen LogP contribution in [0, 0.1) is 0 Å². The first kappa shape index (κ1) is 37.8. The minimum atomic E-state index is -0.445. The highest BCUT2D eigenvalue weighted by molar-refractivity contribution is 4.89. The molecule has 1 N–H and O–H groups in total. The number of ether oxygens (including phenoxy) is 4. The lowest BCUT2D eigenvalue weighted by Gasteiger charge is -2.24. The van der Waals surface area contributed by atoms with E-state index in [0.29, 0.717) is 19.8 Å². The Morgan fingerprint density at radius 3 is 1.12 bits per heavy atom. The van der Waals surface area contributed by atoms with E-state index in [9.17, 15) is 5.11 Å². The molecule has 1 fully saturated rings. The summed E-state index contributed by atoms with van der Waals surface area (Å²) in [6.07, 6.45) is 29.4. The molecule has 1 heterocycles. The zero-order valence-corrected chi connectivity index (χ0v) is 27.2. The topological polar surface area (TPSA) is 57.2 Å². The molecule has 1 rings (SSSR count). The Hall–Kier alpha value is -0.200. The van der Waals surface area contributed by atoms with Gasteiger partial charge in [0.25, 0.3) is 0 Å². The molecule has 1 aliphatic rings. The fourth-order valence-corrected chi connectivity index (χ4v) is 5.70. The van der Waals surface area contributed by atoms with Crippen LogP contribution in [0.25, 0.3) is 0 Å². The van der Waals surface area contributed by atoms with Crippen LogP contribution in [-0.4, -0.2) is 56.1 Å². The zero-order valence-electron chi connectivity index (χ0n) is 27.2. The lowest BCUT2D eigenvalue weighted by Crippen LogP contribution is -2.40. The fourth-order valence-electron chi connectivity index (χ4n) is 5.70. The fraction of sp³-hybridized carbons (Fsp3) is 1.00. The first-order chi connectivity index (χ1) is 19.8. The van der Waals surface area contributed by atoms with Crippen LogP contribution in [0.15, 0.2) is 0 Å². The minimum Gasteiger partial charge on any atom is -0.394 e. The van der Waals surface area contributed by atoms with Crippen LogP contribution in [0.4, 0.5) is 0 Å². The van der Waals surface area contributed by atoms with Gasteiger partial charge in [0.15, 0.2) is 6.29 Å². The van der Waals surface area contributed by atoms with Crippen molar-refractivity contribution in [2.75, 3.05) is 26.4 Å². The van der Waals surface area contributed by atoms with Crippen LogP contribution in [0.5, 0.6) is 0 Å². The number of rotatable bonds is 31. The molecular weight excluding hydrogens is 500 g/mol. The van der Waals surface area contributed by atoms with Gasteiger partial charge in [0.05, 0.1) is 6.61 Å². The number of unbranched alkanes of at least 4 members (excludes halogenated alkanes) is 21. The molecular formula is C35H70O5. The van der Waals surface area contributed by atoms with Gasteiger partial charge in [0.2, 0.25) is 0 Å². The Morgan fingerprint density at radius 2 is 0.750 bits per heavy atom. The van der Waals surface area contributed by atoms with E-state index in [4.69, 9.17) is 18.9 Å². The number of aliphatic hydroxyl groups excluding tert-OH is 1. The summed E-state index contributed by atoms with van der Waals surface area (Å²) >= 11 is 0. The van der Waals surface area contributed by atoms with Crippen LogP contribution < -0.4 is 0 Å². The van der Waals surface area contributed by atoms with Crippen molar-refractivity contribution < 1.29 is 24.1 Å². The summed E-state index contributed by atoms with van der Waals surface area (Å²) in [5.74, 6) is 0. The molecule has 0 aromatic rings. The molecule has 5 nitrogen and oxygen atoms in total. The summed E-state index contributed by atoms with van der Waals surface area (Å²) in [7, 11) is 0.